The minimum absolute atomic E-state index is 0.0369. The second-order valence-corrected chi connectivity index (χ2v) is 33.2. The average Bonchev–Trinajstić information content (AvgIpc) is 1.67. The van der Waals surface area contributed by atoms with Crippen LogP contribution in [0.15, 0.2) is 23.3 Å². The van der Waals surface area contributed by atoms with Crippen LogP contribution in [0.5, 0.6) is 0 Å². The monoisotopic (exact) mass is 1410 g/mol. The molecule has 27 heteroatoms. The summed E-state index contributed by atoms with van der Waals surface area (Å²) in [5.74, 6) is -2.28. The first kappa shape index (κ1) is 74.3. The molecule has 14 aliphatic rings. The van der Waals surface area contributed by atoms with Crippen molar-refractivity contribution in [1.29, 1.82) is 0 Å². The van der Waals surface area contributed by atoms with E-state index in [9.17, 15) is 80.8 Å². The van der Waals surface area contributed by atoms with Crippen molar-refractivity contribution in [2.24, 2.45) is 63.1 Å². The molecule has 4 saturated heterocycles. The Morgan fingerprint density at radius 1 is 0.535 bits per heavy atom. The zero-order valence-corrected chi connectivity index (χ0v) is 58.3. The van der Waals surface area contributed by atoms with Crippen molar-refractivity contribution in [3.8, 4) is 0 Å². The number of esters is 3. The fraction of sp³-hybridized carbons (Fsp3) is 0.903. The molecule has 0 aromatic carbocycles. The molecule has 0 aromatic heterocycles. The Kier molecular flexibility index (Phi) is 20.6. The molecule has 0 radical (unpaired) electrons. The molecule has 560 valence electrons. The topological polar surface area (TPSA) is 416 Å². The molecule has 8 saturated carbocycles. The van der Waals surface area contributed by atoms with E-state index >= 15 is 0 Å². The third kappa shape index (κ3) is 12.4. The fourth-order valence-corrected chi connectivity index (χ4v) is 23.2. The second kappa shape index (κ2) is 27.4. The van der Waals surface area contributed by atoms with E-state index in [0.717, 1.165) is 49.7 Å². The number of hydrogen-bond acceptors (Lipinski definition) is 27. The highest BCUT2D eigenvalue weighted by Crippen LogP contribution is 2.73. The van der Waals surface area contributed by atoms with E-state index in [1.165, 1.54) is 19.9 Å². The van der Waals surface area contributed by atoms with Crippen molar-refractivity contribution < 1.29 is 133 Å². The van der Waals surface area contributed by atoms with Crippen LogP contribution in [-0.4, -0.2) is 256 Å². The summed E-state index contributed by atoms with van der Waals surface area (Å²) in [4.78, 5) is 35.3. The zero-order valence-electron chi connectivity index (χ0n) is 58.3. The van der Waals surface area contributed by atoms with Crippen molar-refractivity contribution >= 4 is 17.9 Å². The number of cyclic esters (lactones) is 2. The molecule has 0 unspecified atom stereocenters. The van der Waals surface area contributed by atoms with Crippen molar-refractivity contribution in [3.63, 3.8) is 0 Å². The van der Waals surface area contributed by atoms with Gasteiger partial charge in [0.25, 0.3) is 0 Å². The van der Waals surface area contributed by atoms with E-state index in [1.54, 1.807) is 19.9 Å². The maximum atomic E-state index is 12.6. The lowest BCUT2D eigenvalue weighted by molar-refractivity contribution is -0.342. The summed E-state index contributed by atoms with van der Waals surface area (Å²) in [6, 6.07) is 0. The fourth-order valence-electron chi connectivity index (χ4n) is 23.2. The van der Waals surface area contributed by atoms with Gasteiger partial charge in [0.05, 0.1) is 96.0 Å². The molecule has 12 fully saturated rings. The molecule has 6 aliphatic heterocycles. The highest BCUT2D eigenvalue weighted by atomic mass is 16.7. The van der Waals surface area contributed by atoms with E-state index in [1.807, 2.05) is 20.8 Å². The van der Waals surface area contributed by atoms with Crippen LogP contribution in [0, 0.1) is 63.1 Å². The number of aliphatic hydroxyl groups excluding tert-OH is 10. The average molecular weight is 1410 g/mol. The van der Waals surface area contributed by atoms with Crippen LogP contribution in [0.3, 0.4) is 0 Å². The Bertz CT molecular complexity index is 3000. The minimum Gasteiger partial charge on any atom is -0.459 e. The molecule has 14 rings (SSSR count). The predicted molar refractivity (Wildman–Crippen MR) is 341 cm³/mol. The maximum Gasteiger partial charge on any atom is 0.331 e. The van der Waals surface area contributed by atoms with Gasteiger partial charge < -0.3 is 118 Å². The lowest BCUT2D eigenvalue weighted by atomic mass is 9.40. The van der Waals surface area contributed by atoms with Crippen LogP contribution in [0.1, 0.15) is 171 Å². The summed E-state index contributed by atoms with van der Waals surface area (Å²) in [6.45, 7) is 14.2. The quantitative estimate of drug-likeness (QED) is 0.0743. The largest absolute Gasteiger partial charge is 0.459 e. The molecule has 0 spiro atoms. The molecular formula is C72H110O27. The number of ether oxygens (including phenoxy) is 11. The van der Waals surface area contributed by atoms with E-state index < -0.39 is 192 Å². The first-order chi connectivity index (χ1) is 46.6. The van der Waals surface area contributed by atoms with E-state index in [-0.39, 0.29) is 99.3 Å². The first-order valence-electron chi connectivity index (χ1n) is 36.7. The number of aliphatic hydroxyl groups is 13. The predicted octanol–water partition coefficient (Wildman–Crippen LogP) is 1.27. The number of hydrogen-bond donors (Lipinski definition) is 13. The normalized spacial score (nSPS) is 54.7. The van der Waals surface area contributed by atoms with Crippen LogP contribution in [0.25, 0.3) is 0 Å². The molecular weight excluding hydrogens is 1300 g/mol. The summed E-state index contributed by atoms with van der Waals surface area (Å²) < 4.78 is 64.3. The van der Waals surface area contributed by atoms with Gasteiger partial charge >= 0.3 is 17.9 Å². The Balaban J connectivity index is 0.000000189. The number of fused-ring (bicyclic) bond motifs is 10. The number of carbonyl (C=O) groups is 3. The summed E-state index contributed by atoms with van der Waals surface area (Å²) in [7, 11) is 0. The first-order valence-corrected chi connectivity index (χ1v) is 36.7. The highest BCUT2D eigenvalue weighted by molar-refractivity contribution is 5.86. The molecule has 0 bridgehead atoms. The maximum absolute atomic E-state index is 12.6. The van der Waals surface area contributed by atoms with Crippen molar-refractivity contribution in [2.45, 2.75) is 323 Å². The highest BCUT2D eigenvalue weighted by Gasteiger charge is 2.76. The van der Waals surface area contributed by atoms with Crippen LogP contribution in [0.2, 0.25) is 0 Å². The van der Waals surface area contributed by atoms with Crippen LogP contribution < -0.4 is 0 Å². The van der Waals surface area contributed by atoms with Gasteiger partial charge in [0.1, 0.15) is 55.9 Å². The molecule has 13 N–H and O–H groups in total. The van der Waals surface area contributed by atoms with E-state index in [4.69, 9.17) is 52.1 Å². The van der Waals surface area contributed by atoms with Crippen molar-refractivity contribution in [1.82, 2.24) is 0 Å². The van der Waals surface area contributed by atoms with Crippen LogP contribution >= 0.6 is 0 Å². The van der Waals surface area contributed by atoms with E-state index in [2.05, 4.69) is 6.92 Å². The lowest BCUT2D eigenvalue weighted by Gasteiger charge is -2.68. The Morgan fingerprint density at radius 3 is 1.73 bits per heavy atom. The van der Waals surface area contributed by atoms with Crippen molar-refractivity contribution in [2.75, 3.05) is 19.8 Å². The van der Waals surface area contributed by atoms with Gasteiger partial charge in [0, 0.05) is 67.9 Å². The van der Waals surface area contributed by atoms with Gasteiger partial charge in [0.2, 0.25) is 0 Å². The Labute approximate surface area is 577 Å². The van der Waals surface area contributed by atoms with Gasteiger partial charge in [-0.25, -0.2) is 9.59 Å². The molecule has 99 heavy (non-hydrogen) atoms. The smallest absolute Gasteiger partial charge is 0.331 e. The van der Waals surface area contributed by atoms with Crippen LogP contribution in [0.4, 0.5) is 0 Å². The third-order valence-electron chi connectivity index (χ3n) is 28.4. The van der Waals surface area contributed by atoms with Crippen LogP contribution in [-0.2, 0) is 66.5 Å². The molecule has 27 nitrogen and oxygen atoms in total. The van der Waals surface area contributed by atoms with Gasteiger partial charge in [-0.3, -0.25) is 4.79 Å². The molecule has 0 amide bonds. The summed E-state index contributed by atoms with van der Waals surface area (Å²) in [5, 5.41) is 147. The molecule has 36 atom stereocenters. The SMILES string of the molecule is CC(=O)O[C@H]1C[C@H](O[C@H]2[C@@H](O)C[C@H](O[C@H]3[C@@H](O)C[C@H](O[C@H]4CC[C@@]5(C)[C@H](CC[C@@H]6[C@@H]5C[C@@H](O)[C@]5(C)[C@@H](C7=CC(=O)OC7)CC[C@]65O)C4)O[C@@H]3C)O[C@@H]2C)O[C@H](C)[C@H]1O.C[C@@H]1O[C@@H](O[C@H]2C[C@@H](O)[C@]3(CO)[C@H]4[C@H](O)C[C@]5(C)[C@@H](C6=CC(=O)OC6)CC[C@]5(O)[C@@H]4CC[C@]3(O)C2)[C@H](O)[C@H](O)[C@H]1O. The molecule has 8 aliphatic carbocycles. The van der Waals surface area contributed by atoms with Gasteiger partial charge in [-0.05, 0) is 163 Å². The van der Waals surface area contributed by atoms with Gasteiger partial charge in [-0.15, -0.1) is 0 Å². The summed E-state index contributed by atoms with van der Waals surface area (Å²) in [6.07, 6.45) is -8.34. The number of rotatable bonds is 12. The zero-order chi connectivity index (χ0) is 71.2. The Hall–Kier alpha value is -2.95. The number of carbonyl (C=O) groups excluding carboxylic acids is 3. The third-order valence-corrected chi connectivity index (χ3v) is 28.4. The van der Waals surface area contributed by atoms with E-state index in [0.29, 0.717) is 38.0 Å². The standard InChI is InChI=1S/C43H66O15.C29H44O12/c1-20-38(49)32(55-23(4)44)18-37(52-20)58-40-22(3)54-36(17-31(40)46)57-39-21(2)53-35(16-30(39)45)56-26-9-11-41(5)25(14-26)7-8-28-29(41)15-33(47)42(6)27(10-12-43(28,42)50)24-13-34(48)51-19-24;1-13-22(34)23(35)24(36)25(40-13)41-15-8-19(32)28(12-30)21-17(3-5-27(28,37)9-15)29(38)6-4-16(14-7-20(33)39-11-14)26(29,2)10-18(21)31/h13,20-22,25-33,35-40,45-47,49-50H,7-12,14-19H2,1-6H3;7,13,15-19,21-25,30-32,34-38H,3-6,8-12H2,1-2H3/t20-,21-,22-,25-,26+,27-,28-,29+,30+,31+,32+,33-,35+,36+,37+,38-,39-,40-,41+,42+,43+;13-,15-,16+,17+,18+,19+,21+,22-,23+,24+,25-,26+,27-,28+,29-/m10/s1. The second-order valence-electron chi connectivity index (χ2n) is 33.2. The Morgan fingerprint density at radius 2 is 1.12 bits per heavy atom. The minimum atomic E-state index is -1.67. The van der Waals surface area contributed by atoms with Gasteiger partial charge in [-0.1, -0.05) is 20.8 Å². The summed E-state index contributed by atoms with van der Waals surface area (Å²) >= 11 is 0. The summed E-state index contributed by atoms with van der Waals surface area (Å²) in [5.41, 5.74) is -5.38. The van der Waals surface area contributed by atoms with Gasteiger partial charge in [0.15, 0.2) is 25.2 Å². The molecule has 0 aromatic rings. The lowest BCUT2D eigenvalue weighted by Crippen LogP contribution is -2.76. The van der Waals surface area contributed by atoms with Gasteiger partial charge in [-0.2, -0.15) is 0 Å². The molecule has 6 heterocycles. The van der Waals surface area contributed by atoms with Crippen molar-refractivity contribution in [3.05, 3.63) is 23.3 Å².